The fourth-order valence-corrected chi connectivity index (χ4v) is 3.12. The van der Waals surface area contributed by atoms with Crippen LogP contribution in [0.25, 0.3) is 0 Å². The smallest absolute Gasteiger partial charge is 0.219 e. The van der Waals surface area contributed by atoms with Crippen molar-refractivity contribution in [3.63, 3.8) is 0 Å². The van der Waals surface area contributed by atoms with Crippen molar-refractivity contribution in [2.75, 3.05) is 45.8 Å². The van der Waals surface area contributed by atoms with E-state index < -0.39 is 0 Å². The van der Waals surface area contributed by atoms with Gasteiger partial charge in [0.05, 0.1) is 12.6 Å². The maximum absolute atomic E-state index is 11.3. The maximum atomic E-state index is 11.3. The van der Waals surface area contributed by atoms with Crippen LogP contribution in [0, 0.1) is 17.2 Å². The predicted octanol–water partition coefficient (Wildman–Crippen LogP) is -0.00562. The van der Waals surface area contributed by atoms with Crippen LogP contribution >= 0.6 is 0 Å². The molecule has 5 heteroatoms. The van der Waals surface area contributed by atoms with Gasteiger partial charge >= 0.3 is 0 Å². The summed E-state index contributed by atoms with van der Waals surface area (Å²) in [7, 11) is 0. The number of hydrogen-bond donors (Lipinski definition) is 0. The number of hydrogen-bond acceptors (Lipinski definition) is 4. The second-order valence-corrected chi connectivity index (χ2v) is 5.44. The molecule has 0 saturated carbocycles. The third kappa shape index (κ3) is 2.82. The molecule has 2 aliphatic heterocycles. The number of rotatable bonds is 2. The Kier molecular flexibility index (Phi) is 4.20. The van der Waals surface area contributed by atoms with Gasteiger partial charge in [0.2, 0.25) is 5.91 Å². The van der Waals surface area contributed by atoms with E-state index in [0.29, 0.717) is 18.5 Å². The second kappa shape index (κ2) is 5.68. The minimum Gasteiger partial charge on any atom is -0.340 e. The predicted molar refractivity (Wildman–Crippen MR) is 68.8 cm³/mol. The summed E-state index contributed by atoms with van der Waals surface area (Å²) in [6, 6.07) is 2.78. The number of carbonyl (C=O) groups excluding carboxylic acids is 1. The van der Waals surface area contributed by atoms with Crippen LogP contribution < -0.4 is 0 Å². The summed E-state index contributed by atoms with van der Waals surface area (Å²) in [6.45, 7) is 10.1. The summed E-state index contributed by atoms with van der Waals surface area (Å²) in [6.07, 6.45) is 0. The molecule has 0 N–H and O–H groups in total. The van der Waals surface area contributed by atoms with Crippen molar-refractivity contribution >= 4 is 5.91 Å². The Labute approximate surface area is 109 Å². The molecule has 2 aliphatic rings. The van der Waals surface area contributed by atoms with Crippen LogP contribution in [-0.4, -0.2) is 72.5 Å². The molecule has 0 aromatic rings. The molecular formula is C13H22N4O. The molecular weight excluding hydrogens is 228 g/mol. The maximum Gasteiger partial charge on any atom is 0.219 e. The van der Waals surface area contributed by atoms with Crippen molar-refractivity contribution in [3.8, 4) is 6.07 Å². The highest BCUT2D eigenvalue weighted by atomic mass is 16.2. The molecule has 0 spiro atoms. The largest absolute Gasteiger partial charge is 0.340 e. The minimum atomic E-state index is 0.181. The normalized spacial score (nSPS) is 30.4. The van der Waals surface area contributed by atoms with Gasteiger partial charge in [0.25, 0.3) is 0 Å². The number of likely N-dealkylation sites (tertiary alicyclic amines) is 1. The van der Waals surface area contributed by atoms with E-state index in [4.69, 9.17) is 5.26 Å². The van der Waals surface area contributed by atoms with E-state index >= 15 is 0 Å². The first kappa shape index (κ1) is 13.3. The molecule has 5 nitrogen and oxygen atoms in total. The van der Waals surface area contributed by atoms with Crippen LogP contribution in [-0.2, 0) is 4.79 Å². The Morgan fingerprint density at radius 3 is 2.50 bits per heavy atom. The summed E-state index contributed by atoms with van der Waals surface area (Å²) in [5.41, 5.74) is 0. The van der Waals surface area contributed by atoms with E-state index in [1.807, 2.05) is 4.90 Å². The number of nitrogens with zero attached hydrogens (tertiary/aromatic N) is 4. The number of nitriles is 1. The summed E-state index contributed by atoms with van der Waals surface area (Å²) in [5, 5.41) is 8.76. The van der Waals surface area contributed by atoms with Crippen LogP contribution in [0.1, 0.15) is 13.8 Å². The molecule has 100 valence electrons. The van der Waals surface area contributed by atoms with Crippen molar-refractivity contribution in [1.82, 2.24) is 14.7 Å². The standard InChI is InChI=1S/C13H22N4O/c1-11-9-15(4-3-14)10-13(11)17-7-5-16(6-8-17)12(2)18/h11,13H,4-10H2,1-2H3/t11-,13+/m1/s1. The van der Waals surface area contributed by atoms with E-state index in [9.17, 15) is 4.79 Å². The van der Waals surface area contributed by atoms with Gasteiger partial charge < -0.3 is 4.90 Å². The van der Waals surface area contributed by atoms with Gasteiger partial charge in [-0.1, -0.05) is 6.92 Å². The molecule has 0 radical (unpaired) electrons. The Hall–Kier alpha value is -1.12. The molecule has 18 heavy (non-hydrogen) atoms. The minimum absolute atomic E-state index is 0.181. The van der Waals surface area contributed by atoms with Crippen molar-refractivity contribution in [1.29, 1.82) is 5.26 Å². The van der Waals surface area contributed by atoms with E-state index in [1.165, 1.54) is 0 Å². The van der Waals surface area contributed by atoms with E-state index in [1.54, 1.807) is 6.92 Å². The summed E-state index contributed by atoms with van der Waals surface area (Å²) >= 11 is 0. The number of piperazine rings is 1. The number of amides is 1. The SMILES string of the molecule is CC(=O)N1CCN([C@H]2CN(CC#N)C[C@H]2C)CC1. The molecule has 2 atom stereocenters. The lowest BCUT2D eigenvalue weighted by Gasteiger charge is -2.39. The molecule has 0 bridgehead atoms. The van der Waals surface area contributed by atoms with E-state index in [0.717, 1.165) is 39.3 Å². The Balaban J connectivity index is 1.86. The zero-order valence-electron chi connectivity index (χ0n) is 11.3. The van der Waals surface area contributed by atoms with Gasteiger partial charge in [-0.2, -0.15) is 5.26 Å². The molecule has 2 saturated heterocycles. The topological polar surface area (TPSA) is 50.6 Å². The van der Waals surface area contributed by atoms with Gasteiger partial charge in [-0.15, -0.1) is 0 Å². The molecule has 2 fully saturated rings. The van der Waals surface area contributed by atoms with Gasteiger partial charge in [0.15, 0.2) is 0 Å². The van der Waals surface area contributed by atoms with E-state index in [2.05, 4.69) is 22.8 Å². The van der Waals surface area contributed by atoms with Crippen LogP contribution in [0.5, 0.6) is 0 Å². The summed E-state index contributed by atoms with van der Waals surface area (Å²) < 4.78 is 0. The Bertz CT molecular complexity index is 343. The number of carbonyl (C=O) groups is 1. The Morgan fingerprint density at radius 2 is 1.94 bits per heavy atom. The lowest BCUT2D eigenvalue weighted by molar-refractivity contribution is -0.130. The molecule has 0 unspecified atom stereocenters. The van der Waals surface area contributed by atoms with Crippen LogP contribution in [0.4, 0.5) is 0 Å². The van der Waals surface area contributed by atoms with Crippen LogP contribution in [0.15, 0.2) is 0 Å². The summed E-state index contributed by atoms with van der Waals surface area (Å²) in [4.78, 5) is 17.9. The molecule has 0 aromatic heterocycles. The van der Waals surface area contributed by atoms with Crippen molar-refractivity contribution < 1.29 is 4.79 Å². The van der Waals surface area contributed by atoms with Gasteiger partial charge in [-0.25, -0.2) is 0 Å². The van der Waals surface area contributed by atoms with Gasteiger partial charge in [-0.3, -0.25) is 14.6 Å². The molecule has 0 aliphatic carbocycles. The molecule has 2 rings (SSSR count). The van der Waals surface area contributed by atoms with Crippen molar-refractivity contribution in [2.24, 2.45) is 5.92 Å². The lowest BCUT2D eigenvalue weighted by atomic mass is 10.0. The van der Waals surface area contributed by atoms with E-state index in [-0.39, 0.29) is 5.91 Å². The molecule has 1 amide bonds. The van der Waals surface area contributed by atoms with Crippen molar-refractivity contribution in [2.45, 2.75) is 19.9 Å². The fourth-order valence-electron chi connectivity index (χ4n) is 3.12. The van der Waals surface area contributed by atoms with Gasteiger partial charge in [0, 0.05) is 52.2 Å². The first-order valence-electron chi connectivity index (χ1n) is 6.70. The first-order chi connectivity index (χ1) is 8.61. The quantitative estimate of drug-likeness (QED) is 0.647. The third-order valence-electron chi connectivity index (χ3n) is 4.17. The van der Waals surface area contributed by atoms with Crippen LogP contribution in [0.2, 0.25) is 0 Å². The summed E-state index contributed by atoms with van der Waals surface area (Å²) in [5.74, 6) is 0.794. The molecule has 2 heterocycles. The highest BCUT2D eigenvalue weighted by molar-refractivity contribution is 5.73. The zero-order valence-corrected chi connectivity index (χ0v) is 11.3. The third-order valence-corrected chi connectivity index (χ3v) is 4.17. The van der Waals surface area contributed by atoms with Crippen LogP contribution in [0.3, 0.4) is 0 Å². The lowest BCUT2D eigenvalue weighted by Crippen LogP contribution is -2.53. The fraction of sp³-hybridized carbons (Fsp3) is 0.846. The first-order valence-corrected chi connectivity index (χ1v) is 6.70. The Morgan fingerprint density at radius 1 is 1.28 bits per heavy atom. The molecule has 0 aromatic carbocycles. The van der Waals surface area contributed by atoms with Crippen molar-refractivity contribution in [3.05, 3.63) is 0 Å². The highest BCUT2D eigenvalue weighted by Crippen LogP contribution is 2.22. The van der Waals surface area contributed by atoms with Gasteiger partial charge in [-0.05, 0) is 5.92 Å². The average Bonchev–Trinajstić information content (AvgIpc) is 2.71. The van der Waals surface area contributed by atoms with Gasteiger partial charge in [0.1, 0.15) is 0 Å². The monoisotopic (exact) mass is 250 g/mol. The second-order valence-electron chi connectivity index (χ2n) is 5.44. The zero-order chi connectivity index (χ0) is 13.1. The highest BCUT2D eigenvalue weighted by Gasteiger charge is 2.35. The average molecular weight is 250 g/mol.